The number of hydrogen-bond donors (Lipinski definition) is 1. The zero-order valence-corrected chi connectivity index (χ0v) is 22.3. The molecule has 2 aromatic carbocycles. The highest BCUT2D eigenvalue weighted by molar-refractivity contribution is 5.88. The zero-order valence-electron chi connectivity index (χ0n) is 22.3. The third-order valence-electron chi connectivity index (χ3n) is 8.32. The number of aryl methyl sites for hydroxylation is 1. The van der Waals surface area contributed by atoms with Crippen molar-refractivity contribution in [3.63, 3.8) is 0 Å². The number of nitrogens with zero attached hydrogens (tertiary/aromatic N) is 6. The predicted molar refractivity (Wildman–Crippen MR) is 154 cm³/mol. The van der Waals surface area contributed by atoms with Crippen molar-refractivity contribution >= 4 is 22.2 Å². The van der Waals surface area contributed by atoms with Gasteiger partial charge in [0.1, 0.15) is 5.52 Å². The van der Waals surface area contributed by atoms with Crippen molar-refractivity contribution in [2.24, 2.45) is 5.92 Å². The highest BCUT2D eigenvalue weighted by Crippen LogP contribution is 2.35. The Morgan fingerprint density at radius 2 is 1.87 bits per heavy atom. The minimum absolute atomic E-state index is 0.442. The fraction of sp³-hybridized carbons (Fsp3) is 0.344. The Morgan fingerprint density at radius 1 is 1.00 bits per heavy atom. The van der Waals surface area contributed by atoms with Crippen LogP contribution < -0.4 is 5.32 Å². The number of aromatic nitrogens is 4. The van der Waals surface area contributed by atoms with Gasteiger partial charge in [0.15, 0.2) is 5.82 Å². The quantitative estimate of drug-likeness (QED) is 0.285. The normalized spacial score (nSPS) is 18.0. The fourth-order valence-corrected chi connectivity index (χ4v) is 6.17. The molecule has 1 atom stereocenters. The molecule has 7 rings (SSSR count). The maximum Gasteiger partial charge on any atom is 0.254 e. The molecule has 39 heavy (non-hydrogen) atoms. The summed E-state index contributed by atoms with van der Waals surface area (Å²) in [5, 5.41) is 19.4. The number of nitrogens with one attached hydrogen (secondary N) is 1. The number of piperidine rings is 1. The molecule has 1 N–H and O–H groups in total. The van der Waals surface area contributed by atoms with E-state index in [0.717, 1.165) is 40.4 Å². The van der Waals surface area contributed by atoms with Gasteiger partial charge in [-0.3, -0.25) is 4.57 Å². The molecule has 1 aliphatic carbocycles. The second-order valence-electron chi connectivity index (χ2n) is 11.2. The van der Waals surface area contributed by atoms with Gasteiger partial charge >= 0.3 is 0 Å². The van der Waals surface area contributed by atoms with Crippen LogP contribution in [0.2, 0.25) is 0 Å². The molecule has 7 nitrogen and oxygen atoms in total. The topological polar surface area (TPSA) is 74.2 Å². The largest absolute Gasteiger partial charge is 0.364 e. The van der Waals surface area contributed by atoms with E-state index in [9.17, 15) is 5.26 Å². The van der Waals surface area contributed by atoms with Crippen LogP contribution in [0.4, 0.5) is 5.82 Å². The van der Waals surface area contributed by atoms with E-state index in [1.165, 1.54) is 50.0 Å². The van der Waals surface area contributed by atoms with E-state index in [-0.39, 0.29) is 0 Å². The molecule has 0 spiro atoms. The molecule has 0 radical (unpaired) electrons. The van der Waals surface area contributed by atoms with Crippen molar-refractivity contribution in [1.82, 2.24) is 24.1 Å². The van der Waals surface area contributed by atoms with Gasteiger partial charge in [0.05, 0.1) is 17.1 Å². The molecular formula is C32H33N7. The van der Waals surface area contributed by atoms with Crippen molar-refractivity contribution in [2.45, 2.75) is 45.1 Å². The smallest absolute Gasteiger partial charge is 0.254 e. The highest BCUT2D eigenvalue weighted by atomic mass is 15.3. The zero-order chi connectivity index (χ0) is 26.3. The van der Waals surface area contributed by atoms with Crippen molar-refractivity contribution in [3.8, 4) is 12.0 Å². The number of benzene rings is 2. The lowest BCUT2D eigenvalue weighted by Crippen LogP contribution is -2.36. The van der Waals surface area contributed by atoms with Crippen LogP contribution in [0.5, 0.6) is 0 Å². The fourth-order valence-electron chi connectivity index (χ4n) is 6.17. The Balaban J connectivity index is 1.34. The Hall–Kier alpha value is -4.15. The van der Waals surface area contributed by atoms with E-state index in [4.69, 9.17) is 10.1 Å². The molecule has 196 valence electrons. The molecule has 2 aliphatic rings. The lowest BCUT2D eigenvalue weighted by atomic mass is 9.95. The molecule has 5 aromatic rings. The summed E-state index contributed by atoms with van der Waals surface area (Å²) in [7, 11) is 0. The van der Waals surface area contributed by atoms with E-state index in [1.54, 1.807) is 0 Å². The van der Waals surface area contributed by atoms with Gasteiger partial charge in [0.25, 0.3) is 5.95 Å². The van der Waals surface area contributed by atoms with E-state index in [1.807, 2.05) is 24.3 Å². The number of anilines is 1. The van der Waals surface area contributed by atoms with Crippen LogP contribution in [0.3, 0.4) is 0 Å². The van der Waals surface area contributed by atoms with Gasteiger partial charge in [-0.25, -0.2) is 4.52 Å². The third-order valence-corrected chi connectivity index (χ3v) is 8.32. The molecule has 4 heterocycles. The molecule has 1 unspecified atom stereocenters. The van der Waals surface area contributed by atoms with E-state index >= 15 is 0 Å². The van der Waals surface area contributed by atoms with Crippen LogP contribution in [0.1, 0.15) is 54.1 Å². The molecule has 0 amide bonds. The number of rotatable bonds is 7. The predicted octanol–water partition coefficient (Wildman–Crippen LogP) is 6.05. The van der Waals surface area contributed by atoms with Gasteiger partial charge in [0, 0.05) is 42.3 Å². The Morgan fingerprint density at radius 3 is 2.69 bits per heavy atom. The lowest BCUT2D eigenvalue weighted by molar-refractivity contribution is 0.198. The van der Waals surface area contributed by atoms with Crippen LogP contribution in [0.25, 0.3) is 22.4 Å². The van der Waals surface area contributed by atoms with Gasteiger partial charge in [-0.15, -0.1) is 5.10 Å². The summed E-state index contributed by atoms with van der Waals surface area (Å²) in [5.74, 6) is 2.78. The average Bonchev–Trinajstić information content (AvgIpc) is 3.56. The lowest BCUT2D eigenvalue weighted by Gasteiger charge is -2.32. The van der Waals surface area contributed by atoms with Gasteiger partial charge in [-0.2, -0.15) is 10.2 Å². The maximum absolute atomic E-state index is 9.69. The van der Waals surface area contributed by atoms with E-state index in [0.29, 0.717) is 24.0 Å². The molecular weight excluding hydrogens is 482 g/mol. The number of nitriles is 1. The van der Waals surface area contributed by atoms with Gasteiger partial charge in [0.2, 0.25) is 0 Å². The third kappa shape index (κ3) is 4.55. The maximum atomic E-state index is 9.69. The molecule has 2 fully saturated rings. The first-order valence-corrected chi connectivity index (χ1v) is 14.1. The van der Waals surface area contributed by atoms with E-state index in [2.05, 4.69) is 74.8 Å². The van der Waals surface area contributed by atoms with Crippen LogP contribution >= 0.6 is 0 Å². The highest BCUT2D eigenvalue weighted by Gasteiger charge is 2.30. The number of likely N-dealkylation sites (tertiary alicyclic amines) is 1. The average molecular weight is 516 g/mol. The SMILES string of the molecule is Cc1cc2c(C#N)cccc2n1-c1nc(NCc2ccccc2)c2ccc(C3CCCN(CC4CC4)C3)n2n1. The summed E-state index contributed by atoms with van der Waals surface area (Å²) >= 11 is 0. The molecule has 1 saturated carbocycles. The first kappa shape index (κ1) is 23.9. The summed E-state index contributed by atoms with van der Waals surface area (Å²) < 4.78 is 4.20. The van der Waals surface area contributed by atoms with Crippen LogP contribution in [-0.4, -0.2) is 43.7 Å². The van der Waals surface area contributed by atoms with Gasteiger partial charge in [-0.1, -0.05) is 36.4 Å². The Labute approximate surface area is 228 Å². The van der Waals surface area contributed by atoms with Crippen molar-refractivity contribution in [2.75, 3.05) is 25.0 Å². The summed E-state index contributed by atoms with van der Waals surface area (Å²) in [5.41, 5.74) is 6.06. The molecule has 1 aliphatic heterocycles. The second-order valence-corrected chi connectivity index (χ2v) is 11.2. The minimum atomic E-state index is 0.442. The van der Waals surface area contributed by atoms with Gasteiger partial charge in [-0.05, 0) is 81.0 Å². The van der Waals surface area contributed by atoms with Gasteiger partial charge < -0.3 is 10.2 Å². The summed E-state index contributed by atoms with van der Waals surface area (Å²) in [4.78, 5) is 7.73. The molecule has 1 saturated heterocycles. The molecule has 0 bridgehead atoms. The first-order chi connectivity index (χ1) is 19.2. The summed E-state index contributed by atoms with van der Waals surface area (Å²) in [6.07, 6.45) is 5.18. The number of hydrogen-bond acceptors (Lipinski definition) is 5. The summed E-state index contributed by atoms with van der Waals surface area (Å²) in [6, 6.07) is 25.1. The summed E-state index contributed by atoms with van der Waals surface area (Å²) in [6.45, 7) is 6.26. The number of fused-ring (bicyclic) bond motifs is 2. The monoisotopic (exact) mass is 515 g/mol. The van der Waals surface area contributed by atoms with E-state index < -0.39 is 0 Å². The molecule has 3 aromatic heterocycles. The van der Waals surface area contributed by atoms with Crippen LogP contribution in [-0.2, 0) is 6.54 Å². The minimum Gasteiger partial charge on any atom is -0.364 e. The first-order valence-electron chi connectivity index (χ1n) is 14.1. The van der Waals surface area contributed by atoms with Crippen LogP contribution in [0, 0.1) is 24.2 Å². The standard InChI is InChI=1S/C32H33N7/c1-22-17-27-25(18-33)9-5-11-29(27)38(22)32-35-31(34-19-23-7-3-2-4-8-23)30-15-14-28(39(30)36-32)26-10-6-16-37(21-26)20-24-12-13-24/h2-5,7-9,11,14-15,17,24,26H,6,10,12-13,16,19-21H2,1H3,(H,34,35,36). The Bertz CT molecular complexity index is 1690. The van der Waals surface area contributed by atoms with Crippen molar-refractivity contribution in [1.29, 1.82) is 5.26 Å². The Kier molecular flexibility index (Phi) is 6.05. The van der Waals surface area contributed by atoms with Crippen LogP contribution in [0.15, 0.2) is 66.7 Å². The van der Waals surface area contributed by atoms with Crippen molar-refractivity contribution < 1.29 is 0 Å². The molecule has 7 heteroatoms. The van der Waals surface area contributed by atoms with Crippen molar-refractivity contribution in [3.05, 3.63) is 89.2 Å². The second kappa shape index (κ2) is 9.87.